The predicted octanol–water partition coefficient (Wildman–Crippen LogP) is 4.03. The minimum atomic E-state index is -0.697. The molecule has 3 rings (SSSR count). The van der Waals surface area contributed by atoms with Crippen molar-refractivity contribution in [2.75, 3.05) is 7.11 Å². The van der Waals surface area contributed by atoms with Crippen molar-refractivity contribution in [1.82, 2.24) is 9.97 Å². The minimum Gasteiger partial charge on any atom is -0.469 e. The maximum atomic E-state index is 15.0. The summed E-state index contributed by atoms with van der Waals surface area (Å²) in [5.41, 5.74) is 8.64. The molecule has 2 N–H and O–H groups in total. The molecule has 0 saturated carbocycles. The topological polar surface area (TPSA) is 95.2 Å². The summed E-state index contributed by atoms with van der Waals surface area (Å²) in [4.78, 5) is 31.6. The normalized spacial score (nSPS) is 10.7. The maximum Gasteiger partial charge on any atom is 0.309 e. The van der Waals surface area contributed by atoms with Crippen LogP contribution in [0.1, 0.15) is 27.4 Å². The summed E-state index contributed by atoms with van der Waals surface area (Å²) >= 11 is 6.33. The number of nitrogens with zero attached hydrogens (tertiary/aromatic N) is 2. The highest BCUT2D eigenvalue weighted by Gasteiger charge is 2.17. The first-order valence-corrected chi connectivity index (χ1v) is 9.39. The zero-order chi connectivity index (χ0) is 22.0. The van der Waals surface area contributed by atoms with Crippen LogP contribution in [0.25, 0.3) is 22.4 Å². The van der Waals surface area contributed by atoms with Crippen LogP contribution >= 0.6 is 11.6 Å². The number of methoxy groups -OCH3 is 1. The molecule has 3 aromatic rings. The van der Waals surface area contributed by atoms with E-state index in [2.05, 4.69) is 14.7 Å². The molecule has 30 heavy (non-hydrogen) atoms. The van der Waals surface area contributed by atoms with Crippen LogP contribution in [-0.4, -0.2) is 29.0 Å². The molecule has 0 aliphatic heterocycles. The fourth-order valence-corrected chi connectivity index (χ4v) is 3.45. The number of aromatic nitrogens is 2. The Morgan fingerprint density at radius 1 is 1.07 bits per heavy atom. The van der Waals surface area contributed by atoms with Gasteiger partial charge in [-0.2, -0.15) is 0 Å². The number of hydrogen-bond donors (Lipinski definition) is 1. The van der Waals surface area contributed by atoms with Crippen LogP contribution in [0.2, 0.25) is 5.02 Å². The summed E-state index contributed by atoms with van der Waals surface area (Å²) in [6.07, 6.45) is 0.0749. The molecule has 0 saturated heterocycles. The smallest absolute Gasteiger partial charge is 0.309 e. The fourth-order valence-electron chi connectivity index (χ4n) is 3.14. The van der Waals surface area contributed by atoms with E-state index in [1.807, 2.05) is 0 Å². The number of rotatable bonds is 5. The van der Waals surface area contributed by atoms with Gasteiger partial charge in [0.1, 0.15) is 11.5 Å². The molecular weight excluding hydrogens is 409 g/mol. The molecule has 0 atom stereocenters. The third-order valence-corrected chi connectivity index (χ3v) is 4.93. The first-order chi connectivity index (χ1) is 14.2. The van der Waals surface area contributed by atoms with E-state index in [0.29, 0.717) is 44.4 Å². The number of benzene rings is 2. The lowest BCUT2D eigenvalue weighted by Crippen LogP contribution is -2.17. The van der Waals surface area contributed by atoms with Crippen LogP contribution < -0.4 is 5.73 Å². The third-order valence-electron chi connectivity index (χ3n) is 4.62. The van der Waals surface area contributed by atoms with E-state index >= 15 is 0 Å². The minimum absolute atomic E-state index is 0.0457. The standard InChI is InChI=1S/C22H19ClFN3O3/c1-11-20(27-21(22(25)29)12(2)26-11)14-5-7-16(18(24)10-14)15-6-4-13(8-17(15)23)9-19(28)30-3/h4-8,10H,9H2,1-3H3,(H2,25,29). The van der Waals surface area contributed by atoms with Gasteiger partial charge in [0.25, 0.3) is 5.91 Å². The zero-order valence-corrected chi connectivity index (χ0v) is 17.4. The number of aryl methyl sites for hydroxylation is 2. The van der Waals surface area contributed by atoms with Crippen molar-refractivity contribution in [2.24, 2.45) is 5.73 Å². The molecule has 0 aliphatic carbocycles. The lowest BCUT2D eigenvalue weighted by Gasteiger charge is -2.12. The van der Waals surface area contributed by atoms with Crippen molar-refractivity contribution in [1.29, 1.82) is 0 Å². The number of primary amides is 1. The number of ether oxygens (including phenoxy) is 1. The van der Waals surface area contributed by atoms with Gasteiger partial charge < -0.3 is 10.5 Å². The van der Waals surface area contributed by atoms with E-state index in [1.165, 1.54) is 13.2 Å². The average Bonchev–Trinajstić information content (AvgIpc) is 2.68. The number of hydrogen-bond acceptors (Lipinski definition) is 5. The Labute approximate surface area is 177 Å². The van der Waals surface area contributed by atoms with Gasteiger partial charge in [0.05, 0.1) is 30.6 Å². The molecule has 2 aromatic carbocycles. The number of carbonyl (C=O) groups is 2. The van der Waals surface area contributed by atoms with Crippen LogP contribution in [0.5, 0.6) is 0 Å². The molecule has 8 heteroatoms. The van der Waals surface area contributed by atoms with Crippen molar-refractivity contribution in [2.45, 2.75) is 20.3 Å². The Morgan fingerprint density at radius 3 is 2.37 bits per heavy atom. The Morgan fingerprint density at radius 2 is 1.77 bits per heavy atom. The molecule has 0 unspecified atom stereocenters. The van der Waals surface area contributed by atoms with Gasteiger partial charge >= 0.3 is 5.97 Å². The third kappa shape index (κ3) is 4.31. The van der Waals surface area contributed by atoms with E-state index in [-0.39, 0.29) is 18.1 Å². The van der Waals surface area contributed by atoms with E-state index in [4.69, 9.17) is 17.3 Å². The van der Waals surface area contributed by atoms with E-state index in [9.17, 15) is 14.0 Å². The predicted molar refractivity (Wildman–Crippen MR) is 112 cm³/mol. The van der Waals surface area contributed by atoms with Crippen molar-refractivity contribution in [3.05, 3.63) is 69.9 Å². The maximum absolute atomic E-state index is 15.0. The van der Waals surface area contributed by atoms with Gasteiger partial charge in [-0.3, -0.25) is 14.6 Å². The first kappa shape index (κ1) is 21.4. The summed E-state index contributed by atoms with van der Waals surface area (Å²) in [5.74, 6) is -1.60. The fraction of sp³-hybridized carbons (Fsp3) is 0.182. The Hall–Kier alpha value is -3.32. The van der Waals surface area contributed by atoms with Crippen LogP contribution in [0.15, 0.2) is 36.4 Å². The zero-order valence-electron chi connectivity index (χ0n) is 16.6. The van der Waals surface area contributed by atoms with Gasteiger partial charge in [0, 0.05) is 21.7 Å². The first-order valence-electron chi connectivity index (χ1n) is 9.01. The number of nitrogens with two attached hydrogens (primary N) is 1. The molecule has 0 radical (unpaired) electrons. The van der Waals surface area contributed by atoms with E-state index < -0.39 is 11.7 Å². The Balaban J connectivity index is 2.00. The highest BCUT2D eigenvalue weighted by atomic mass is 35.5. The Bertz CT molecular complexity index is 1160. The number of amides is 1. The van der Waals surface area contributed by atoms with Crippen LogP contribution in [0, 0.1) is 19.7 Å². The van der Waals surface area contributed by atoms with Crippen molar-refractivity contribution in [3.8, 4) is 22.4 Å². The number of halogens is 2. The molecule has 1 amide bonds. The summed E-state index contributed by atoms with van der Waals surface area (Å²) in [7, 11) is 1.31. The molecule has 1 aromatic heterocycles. The SMILES string of the molecule is COC(=O)Cc1ccc(-c2ccc(-c3nc(C(N)=O)c(C)nc3C)cc2F)c(Cl)c1. The van der Waals surface area contributed by atoms with Gasteiger partial charge in [0.15, 0.2) is 0 Å². The summed E-state index contributed by atoms with van der Waals surface area (Å²) in [6, 6.07) is 9.52. The molecule has 6 nitrogen and oxygen atoms in total. The van der Waals surface area contributed by atoms with Crippen molar-refractivity contribution < 1.29 is 18.7 Å². The second-order valence-corrected chi connectivity index (χ2v) is 7.12. The molecule has 0 fully saturated rings. The molecule has 154 valence electrons. The van der Waals surface area contributed by atoms with Crippen LogP contribution in [0.3, 0.4) is 0 Å². The van der Waals surface area contributed by atoms with Gasteiger partial charge in [-0.15, -0.1) is 0 Å². The number of carbonyl (C=O) groups excluding carboxylic acids is 2. The second-order valence-electron chi connectivity index (χ2n) is 6.72. The lowest BCUT2D eigenvalue weighted by molar-refractivity contribution is -0.139. The summed E-state index contributed by atoms with van der Waals surface area (Å²) in [5, 5.41) is 0.311. The van der Waals surface area contributed by atoms with E-state index in [1.54, 1.807) is 44.2 Å². The molecule has 0 aliphatic rings. The van der Waals surface area contributed by atoms with Crippen LogP contribution in [0.4, 0.5) is 4.39 Å². The second kappa shape index (κ2) is 8.59. The lowest BCUT2D eigenvalue weighted by atomic mass is 9.99. The summed E-state index contributed by atoms with van der Waals surface area (Å²) < 4.78 is 19.6. The molecule has 0 bridgehead atoms. The molecule has 0 spiro atoms. The average molecular weight is 428 g/mol. The monoisotopic (exact) mass is 427 g/mol. The van der Waals surface area contributed by atoms with E-state index in [0.717, 1.165) is 0 Å². The largest absolute Gasteiger partial charge is 0.469 e. The Kier molecular flexibility index (Phi) is 6.12. The highest BCUT2D eigenvalue weighted by Crippen LogP contribution is 2.33. The molecule has 1 heterocycles. The van der Waals surface area contributed by atoms with Crippen molar-refractivity contribution >= 4 is 23.5 Å². The molecular formula is C22H19ClFN3O3. The highest BCUT2D eigenvalue weighted by molar-refractivity contribution is 6.33. The van der Waals surface area contributed by atoms with Crippen molar-refractivity contribution in [3.63, 3.8) is 0 Å². The summed E-state index contributed by atoms with van der Waals surface area (Å²) in [6.45, 7) is 3.36. The van der Waals surface area contributed by atoms with Gasteiger partial charge in [-0.25, -0.2) is 9.37 Å². The van der Waals surface area contributed by atoms with Gasteiger partial charge in [-0.1, -0.05) is 35.9 Å². The van der Waals surface area contributed by atoms with Gasteiger partial charge in [0.2, 0.25) is 0 Å². The van der Waals surface area contributed by atoms with Gasteiger partial charge in [-0.05, 0) is 31.5 Å². The number of esters is 1. The van der Waals surface area contributed by atoms with Crippen LogP contribution in [-0.2, 0) is 16.0 Å². The quantitative estimate of drug-likeness (QED) is 0.620.